The van der Waals surface area contributed by atoms with E-state index in [0.29, 0.717) is 17.6 Å². The molecule has 1 heterocycles. The van der Waals surface area contributed by atoms with Crippen LogP contribution < -0.4 is 5.32 Å². The van der Waals surface area contributed by atoms with E-state index in [1.54, 1.807) is 6.92 Å². The minimum atomic E-state index is -0.132. The molecule has 0 radical (unpaired) electrons. The number of rotatable bonds is 2. The fourth-order valence-corrected chi connectivity index (χ4v) is 2.39. The molecule has 3 heteroatoms. The Hall–Kier alpha value is -1.09. The Kier molecular flexibility index (Phi) is 3.67. The van der Waals surface area contributed by atoms with E-state index in [4.69, 9.17) is 0 Å². The lowest BCUT2D eigenvalue weighted by Gasteiger charge is -2.35. The number of benzene rings is 1. The highest BCUT2D eigenvalue weighted by atomic mass is 19.1. The number of likely N-dealkylation sites (tertiary alicyclic amines) is 1. The first-order valence-electron chi connectivity index (χ1n) is 6.29. The molecule has 0 aromatic heterocycles. The van der Waals surface area contributed by atoms with Crippen LogP contribution >= 0.6 is 0 Å². The summed E-state index contributed by atoms with van der Waals surface area (Å²) in [6.07, 6.45) is 2.30. The van der Waals surface area contributed by atoms with E-state index in [0.717, 1.165) is 25.1 Å². The predicted molar refractivity (Wildman–Crippen MR) is 69.9 cm³/mol. The van der Waals surface area contributed by atoms with Gasteiger partial charge in [0.2, 0.25) is 0 Å². The predicted octanol–water partition coefficient (Wildman–Crippen LogP) is 3.03. The number of piperidine rings is 1. The summed E-state index contributed by atoms with van der Waals surface area (Å²) in [4.78, 5) is 2.38. The number of halogens is 1. The first kappa shape index (κ1) is 12.4. The van der Waals surface area contributed by atoms with Crippen molar-refractivity contribution in [3.63, 3.8) is 0 Å². The van der Waals surface area contributed by atoms with Crippen LogP contribution in [0.5, 0.6) is 0 Å². The van der Waals surface area contributed by atoms with Gasteiger partial charge in [-0.25, -0.2) is 4.39 Å². The normalized spacial score (nSPS) is 25.9. The zero-order chi connectivity index (χ0) is 12.4. The summed E-state index contributed by atoms with van der Waals surface area (Å²) >= 11 is 0. The zero-order valence-corrected chi connectivity index (χ0v) is 10.8. The summed E-state index contributed by atoms with van der Waals surface area (Å²) < 4.78 is 13.2. The van der Waals surface area contributed by atoms with E-state index in [2.05, 4.69) is 24.2 Å². The van der Waals surface area contributed by atoms with Crippen molar-refractivity contribution in [3.8, 4) is 0 Å². The molecule has 1 aromatic rings. The Bertz CT molecular complexity index is 392. The summed E-state index contributed by atoms with van der Waals surface area (Å²) in [7, 11) is 2.17. The minimum absolute atomic E-state index is 0.132. The molecule has 2 unspecified atom stereocenters. The van der Waals surface area contributed by atoms with Crippen molar-refractivity contribution in [1.82, 2.24) is 4.90 Å². The SMILES string of the molecule is Cc1cc(NC2CCN(C)C(C)C2)ccc1F. The number of aryl methyl sites for hydroxylation is 1. The maximum absolute atomic E-state index is 13.2. The van der Waals surface area contributed by atoms with Crippen LogP contribution in [0, 0.1) is 12.7 Å². The molecule has 1 aromatic carbocycles. The van der Waals surface area contributed by atoms with Crippen molar-refractivity contribution in [2.45, 2.75) is 38.8 Å². The number of hydrogen-bond acceptors (Lipinski definition) is 2. The highest BCUT2D eigenvalue weighted by Crippen LogP contribution is 2.21. The van der Waals surface area contributed by atoms with Gasteiger partial charge in [-0.05, 0) is 57.5 Å². The molecule has 0 aliphatic carbocycles. The second-order valence-corrected chi connectivity index (χ2v) is 5.16. The van der Waals surface area contributed by atoms with Gasteiger partial charge in [0.25, 0.3) is 0 Å². The topological polar surface area (TPSA) is 15.3 Å². The largest absolute Gasteiger partial charge is 0.382 e. The van der Waals surface area contributed by atoms with Gasteiger partial charge in [0.05, 0.1) is 0 Å². The summed E-state index contributed by atoms with van der Waals surface area (Å²) in [5.41, 5.74) is 1.74. The molecule has 0 amide bonds. The van der Waals surface area contributed by atoms with Crippen molar-refractivity contribution in [3.05, 3.63) is 29.6 Å². The molecule has 17 heavy (non-hydrogen) atoms. The average Bonchev–Trinajstić information content (AvgIpc) is 2.29. The van der Waals surface area contributed by atoms with Gasteiger partial charge in [-0.2, -0.15) is 0 Å². The number of nitrogens with one attached hydrogen (secondary N) is 1. The smallest absolute Gasteiger partial charge is 0.126 e. The van der Waals surface area contributed by atoms with E-state index in [-0.39, 0.29) is 5.82 Å². The fourth-order valence-electron chi connectivity index (χ4n) is 2.39. The lowest BCUT2D eigenvalue weighted by Crippen LogP contribution is -2.42. The molecule has 0 saturated carbocycles. The third-order valence-electron chi connectivity index (χ3n) is 3.74. The van der Waals surface area contributed by atoms with Gasteiger partial charge < -0.3 is 10.2 Å². The molecule has 1 saturated heterocycles. The van der Waals surface area contributed by atoms with Crippen LogP contribution in [0.1, 0.15) is 25.3 Å². The van der Waals surface area contributed by atoms with E-state index in [9.17, 15) is 4.39 Å². The fraction of sp³-hybridized carbons (Fsp3) is 0.571. The van der Waals surface area contributed by atoms with Crippen molar-refractivity contribution >= 4 is 5.69 Å². The van der Waals surface area contributed by atoms with Crippen LogP contribution in [-0.2, 0) is 0 Å². The lowest BCUT2D eigenvalue weighted by atomic mass is 9.98. The van der Waals surface area contributed by atoms with Crippen molar-refractivity contribution in [2.24, 2.45) is 0 Å². The second kappa shape index (κ2) is 5.05. The Morgan fingerprint density at radius 3 is 2.82 bits per heavy atom. The van der Waals surface area contributed by atoms with Crippen LogP contribution in [0.2, 0.25) is 0 Å². The molecule has 2 atom stereocenters. The van der Waals surface area contributed by atoms with Gasteiger partial charge in [0.1, 0.15) is 5.82 Å². The Morgan fingerprint density at radius 2 is 2.18 bits per heavy atom. The van der Waals surface area contributed by atoms with Crippen molar-refractivity contribution in [1.29, 1.82) is 0 Å². The molecule has 0 bridgehead atoms. The van der Waals surface area contributed by atoms with Crippen LogP contribution in [0.25, 0.3) is 0 Å². The molecule has 94 valence electrons. The molecule has 1 aliphatic heterocycles. The minimum Gasteiger partial charge on any atom is -0.382 e. The quantitative estimate of drug-likeness (QED) is 0.849. The van der Waals surface area contributed by atoms with Crippen molar-refractivity contribution < 1.29 is 4.39 Å². The van der Waals surface area contributed by atoms with E-state index >= 15 is 0 Å². The molecular formula is C14H21FN2. The molecule has 0 spiro atoms. The third-order valence-corrected chi connectivity index (χ3v) is 3.74. The maximum Gasteiger partial charge on any atom is 0.126 e. The monoisotopic (exact) mass is 236 g/mol. The standard InChI is InChI=1S/C14H21FN2/c1-10-8-12(4-5-14(10)15)16-13-6-7-17(3)11(2)9-13/h4-5,8,11,13,16H,6-7,9H2,1-3H3. The number of hydrogen-bond donors (Lipinski definition) is 1. The molecular weight excluding hydrogens is 215 g/mol. The van der Waals surface area contributed by atoms with Crippen LogP contribution in [-0.4, -0.2) is 30.6 Å². The molecule has 2 rings (SSSR count). The molecule has 2 nitrogen and oxygen atoms in total. The van der Waals surface area contributed by atoms with E-state index in [1.165, 1.54) is 6.07 Å². The summed E-state index contributed by atoms with van der Waals surface area (Å²) in [5, 5.41) is 3.51. The van der Waals surface area contributed by atoms with Crippen LogP contribution in [0.4, 0.5) is 10.1 Å². The number of nitrogens with zero attached hydrogens (tertiary/aromatic N) is 1. The van der Waals surface area contributed by atoms with Gasteiger partial charge in [-0.1, -0.05) is 0 Å². The molecule has 1 N–H and O–H groups in total. The zero-order valence-electron chi connectivity index (χ0n) is 10.8. The van der Waals surface area contributed by atoms with Gasteiger partial charge in [0.15, 0.2) is 0 Å². The van der Waals surface area contributed by atoms with Crippen LogP contribution in [0.3, 0.4) is 0 Å². The van der Waals surface area contributed by atoms with Gasteiger partial charge in [-0.15, -0.1) is 0 Å². The molecule has 1 fully saturated rings. The first-order chi connectivity index (χ1) is 8.06. The second-order valence-electron chi connectivity index (χ2n) is 5.16. The average molecular weight is 236 g/mol. The Morgan fingerprint density at radius 1 is 1.41 bits per heavy atom. The highest BCUT2D eigenvalue weighted by Gasteiger charge is 2.22. The summed E-state index contributed by atoms with van der Waals surface area (Å²) in [6, 6.07) is 6.37. The Balaban J connectivity index is 1.99. The highest BCUT2D eigenvalue weighted by molar-refractivity contribution is 5.46. The Labute approximate surface area is 103 Å². The maximum atomic E-state index is 13.2. The van der Waals surface area contributed by atoms with Gasteiger partial charge in [0, 0.05) is 24.3 Å². The number of anilines is 1. The first-order valence-corrected chi connectivity index (χ1v) is 6.29. The van der Waals surface area contributed by atoms with E-state index in [1.807, 2.05) is 12.1 Å². The van der Waals surface area contributed by atoms with Gasteiger partial charge in [-0.3, -0.25) is 0 Å². The van der Waals surface area contributed by atoms with E-state index < -0.39 is 0 Å². The van der Waals surface area contributed by atoms with Gasteiger partial charge >= 0.3 is 0 Å². The third kappa shape index (κ3) is 2.97. The van der Waals surface area contributed by atoms with Crippen molar-refractivity contribution in [2.75, 3.05) is 18.9 Å². The summed E-state index contributed by atoms with van der Waals surface area (Å²) in [6.45, 7) is 5.18. The molecule has 1 aliphatic rings. The lowest BCUT2D eigenvalue weighted by molar-refractivity contribution is 0.190. The van der Waals surface area contributed by atoms with Crippen LogP contribution in [0.15, 0.2) is 18.2 Å². The summed E-state index contributed by atoms with van der Waals surface area (Å²) in [5.74, 6) is -0.132.